The molecule has 0 unspecified atom stereocenters. The minimum Gasteiger partial charge on any atom is -0.492 e. The molecular formula is C12H17BrN2O2. The topological polar surface area (TPSA) is 55.6 Å². The van der Waals surface area contributed by atoms with Gasteiger partial charge in [-0.15, -0.1) is 0 Å². The van der Waals surface area contributed by atoms with E-state index < -0.39 is 0 Å². The van der Waals surface area contributed by atoms with Gasteiger partial charge in [-0.05, 0) is 38.2 Å². The molecule has 0 bridgehead atoms. The molecule has 0 heterocycles. The van der Waals surface area contributed by atoms with Gasteiger partial charge in [0, 0.05) is 11.0 Å². The van der Waals surface area contributed by atoms with Crippen molar-refractivity contribution in [1.82, 2.24) is 4.90 Å². The predicted octanol–water partition coefficient (Wildman–Crippen LogP) is 1.63. The van der Waals surface area contributed by atoms with E-state index in [0.29, 0.717) is 13.2 Å². The third-order valence-electron chi connectivity index (χ3n) is 2.60. The zero-order chi connectivity index (χ0) is 12.8. The first-order valence-electron chi connectivity index (χ1n) is 5.38. The Balaban J connectivity index is 2.32. The lowest BCUT2D eigenvalue weighted by molar-refractivity contribution is -0.122. The van der Waals surface area contributed by atoms with Gasteiger partial charge in [0.05, 0.1) is 6.04 Å². The molecule has 94 valence electrons. The second-order valence-corrected chi connectivity index (χ2v) is 4.78. The zero-order valence-electron chi connectivity index (χ0n) is 10.0. The van der Waals surface area contributed by atoms with Crippen LogP contribution in [0.15, 0.2) is 28.7 Å². The molecule has 0 saturated carbocycles. The summed E-state index contributed by atoms with van der Waals surface area (Å²) in [7, 11) is 1.85. The number of nitrogens with zero attached hydrogens (tertiary/aromatic N) is 1. The normalized spacial score (nSPS) is 12.5. The number of nitrogens with two attached hydrogens (primary N) is 1. The number of halogens is 1. The van der Waals surface area contributed by atoms with Gasteiger partial charge < -0.3 is 10.5 Å². The van der Waals surface area contributed by atoms with Gasteiger partial charge in [0.2, 0.25) is 5.91 Å². The third kappa shape index (κ3) is 4.75. The Morgan fingerprint density at radius 3 is 2.59 bits per heavy atom. The highest BCUT2D eigenvalue weighted by molar-refractivity contribution is 9.10. The monoisotopic (exact) mass is 300 g/mol. The fourth-order valence-corrected chi connectivity index (χ4v) is 1.51. The van der Waals surface area contributed by atoms with Crippen molar-refractivity contribution in [3.8, 4) is 5.75 Å². The second-order valence-electron chi connectivity index (χ2n) is 3.86. The maximum Gasteiger partial charge on any atom is 0.234 e. The minimum atomic E-state index is -0.323. The van der Waals surface area contributed by atoms with Gasteiger partial charge in [-0.25, -0.2) is 0 Å². The quantitative estimate of drug-likeness (QED) is 0.869. The molecule has 0 fully saturated rings. The molecule has 0 aliphatic heterocycles. The minimum absolute atomic E-state index is 0.275. The van der Waals surface area contributed by atoms with Gasteiger partial charge in [-0.1, -0.05) is 15.9 Å². The number of amides is 1. The number of benzene rings is 1. The van der Waals surface area contributed by atoms with E-state index in [-0.39, 0.29) is 11.9 Å². The molecule has 1 atom stereocenters. The van der Waals surface area contributed by atoms with Crippen LogP contribution in [-0.2, 0) is 4.79 Å². The van der Waals surface area contributed by atoms with Crippen LogP contribution in [0.25, 0.3) is 0 Å². The molecule has 1 aromatic rings. The van der Waals surface area contributed by atoms with Gasteiger partial charge in [0.15, 0.2) is 0 Å². The molecule has 5 heteroatoms. The summed E-state index contributed by atoms with van der Waals surface area (Å²) in [6.45, 7) is 2.96. The number of primary amides is 1. The van der Waals surface area contributed by atoms with Crippen molar-refractivity contribution in [2.45, 2.75) is 13.0 Å². The van der Waals surface area contributed by atoms with E-state index in [2.05, 4.69) is 15.9 Å². The fraction of sp³-hybridized carbons (Fsp3) is 0.417. The molecule has 1 rings (SSSR count). The molecule has 0 aromatic heterocycles. The number of likely N-dealkylation sites (N-methyl/N-ethyl adjacent to an activating group) is 1. The molecule has 0 aliphatic rings. The Morgan fingerprint density at radius 2 is 2.06 bits per heavy atom. The predicted molar refractivity (Wildman–Crippen MR) is 70.9 cm³/mol. The Labute approximate surface area is 110 Å². The first kappa shape index (κ1) is 14.0. The Hall–Kier alpha value is -1.07. The zero-order valence-corrected chi connectivity index (χ0v) is 11.6. The van der Waals surface area contributed by atoms with E-state index in [4.69, 9.17) is 10.5 Å². The largest absolute Gasteiger partial charge is 0.492 e. The van der Waals surface area contributed by atoms with Crippen molar-refractivity contribution < 1.29 is 9.53 Å². The summed E-state index contributed by atoms with van der Waals surface area (Å²) in [6, 6.07) is 7.35. The highest BCUT2D eigenvalue weighted by Crippen LogP contribution is 2.15. The van der Waals surface area contributed by atoms with Crippen molar-refractivity contribution in [3.63, 3.8) is 0 Å². The van der Waals surface area contributed by atoms with E-state index in [1.54, 1.807) is 6.92 Å². The summed E-state index contributed by atoms with van der Waals surface area (Å²) in [5, 5.41) is 0. The van der Waals surface area contributed by atoms with Crippen LogP contribution >= 0.6 is 15.9 Å². The highest BCUT2D eigenvalue weighted by Gasteiger charge is 2.13. The number of hydrogen-bond acceptors (Lipinski definition) is 3. The smallest absolute Gasteiger partial charge is 0.234 e. The standard InChI is InChI=1S/C12H17BrN2O2/c1-9(12(14)16)15(2)7-8-17-11-5-3-10(13)4-6-11/h3-6,9H,7-8H2,1-2H3,(H2,14,16)/t9-/m0/s1. The Morgan fingerprint density at radius 1 is 1.47 bits per heavy atom. The number of carbonyl (C=O) groups is 1. The summed E-state index contributed by atoms with van der Waals surface area (Å²) < 4.78 is 6.56. The van der Waals surface area contributed by atoms with Crippen LogP contribution in [0, 0.1) is 0 Å². The van der Waals surface area contributed by atoms with Gasteiger partial charge in [-0.3, -0.25) is 9.69 Å². The number of rotatable bonds is 6. The lowest BCUT2D eigenvalue weighted by atomic mass is 10.3. The average Bonchev–Trinajstić information content (AvgIpc) is 2.30. The highest BCUT2D eigenvalue weighted by atomic mass is 79.9. The van der Waals surface area contributed by atoms with Crippen LogP contribution in [0.5, 0.6) is 5.75 Å². The summed E-state index contributed by atoms with van der Waals surface area (Å²) in [5.74, 6) is 0.490. The van der Waals surface area contributed by atoms with E-state index in [0.717, 1.165) is 10.2 Å². The maximum atomic E-state index is 10.9. The Kier molecular flexibility index (Phi) is 5.44. The first-order chi connectivity index (χ1) is 8.00. The average molecular weight is 301 g/mol. The van der Waals surface area contributed by atoms with E-state index in [1.165, 1.54) is 0 Å². The number of carbonyl (C=O) groups excluding carboxylic acids is 1. The van der Waals surface area contributed by atoms with Crippen molar-refractivity contribution >= 4 is 21.8 Å². The van der Waals surface area contributed by atoms with E-state index in [1.807, 2.05) is 36.2 Å². The summed E-state index contributed by atoms with van der Waals surface area (Å²) >= 11 is 3.36. The van der Waals surface area contributed by atoms with Crippen LogP contribution in [0.2, 0.25) is 0 Å². The molecule has 17 heavy (non-hydrogen) atoms. The molecule has 0 radical (unpaired) electrons. The van der Waals surface area contributed by atoms with Crippen LogP contribution in [0.4, 0.5) is 0 Å². The van der Waals surface area contributed by atoms with E-state index in [9.17, 15) is 4.79 Å². The van der Waals surface area contributed by atoms with Crippen LogP contribution in [-0.4, -0.2) is 37.0 Å². The molecule has 1 amide bonds. The van der Waals surface area contributed by atoms with Gasteiger partial charge in [-0.2, -0.15) is 0 Å². The number of hydrogen-bond donors (Lipinski definition) is 1. The Bertz CT molecular complexity index is 367. The molecule has 2 N–H and O–H groups in total. The maximum absolute atomic E-state index is 10.9. The van der Waals surface area contributed by atoms with Gasteiger partial charge >= 0.3 is 0 Å². The lowest BCUT2D eigenvalue weighted by Crippen LogP contribution is -2.41. The molecule has 0 aliphatic carbocycles. The molecule has 0 spiro atoms. The summed E-state index contributed by atoms with van der Waals surface area (Å²) in [5.41, 5.74) is 5.21. The molecule has 1 aromatic carbocycles. The first-order valence-corrected chi connectivity index (χ1v) is 6.18. The molecule has 4 nitrogen and oxygen atoms in total. The van der Waals surface area contributed by atoms with Crippen LogP contribution < -0.4 is 10.5 Å². The summed E-state index contributed by atoms with van der Waals surface area (Å²) in [6.07, 6.45) is 0. The molecular weight excluding hydrogens is 284 g/mol. The van der Waals surface area contributed by atoms with Crippen molar-refractivity contribution in [2.75, 3.05) is 20.2 Å². The third-order valence-corrected chi connectivity index (χ3v) is 3.13. The SMILES string of the molecule is C[C@@H](C(N)=O)N(C)CCOc1ccc(Br)cc1. The van der Waals surface area contributed by atoms with Gasteiger partial charge in [0.1, 0.15) is 12.4 Å². The van der Waals surface area contributed by atoms with Crippen molar-refractivity contribution in [2.24, 2.45) is 5.73 Å². The molecule has 0 saturated heterocycles. The number of ether oxygens (including phenoxy) is 1. The van der Waals surface area contributed by atoms with E-state index >= 15 is 0 Å². The lowest BCUT2D eigenvalue weighted by Gasteiger charge is -2.21. The summed E-state index contributed by atoms with van der Waals surface area (Å²) in [4.78, 5) is 12.8. The van der Waals surface area contributed by atoms with Crippen LogP contribution in [0.1, 0.15) is 6.92 Å². The van der Waals surface area contributed by atoms with Gasteiger partial charge in [0.25, 0.3) is 0 Å². The van der Waals surface area contributed by atoms with Crippen molar-refractivity contribution in [1.29, 1.82) is 0 Å². The second kappa shape index (κ2) is 6.61. The van der Waals surface area contributed by atoms with Crippen LogP contribution in [0.3, 0.4) is 0 Å². The van der Waals surface area contributed by atoms with Crippen molar-refractivity contribution in [3.05, 3.63) is 28.7 Å². The fourth-order valence-electron chi connectivity index (χ4n) is 1.25.